The molecule has 0 saturated heterocycles. The van der Waals surface area contributed by atoms with Crippen molar-refractivity contribution in [2.24, 2.45) is 0 Å². The number of aryl methyl sites for hydroxylation is 1. The molecule has 3 rings (SSSR count). The highest BCUT2D eigenvalue weighted by atomic mass is 35.5. The monoisotopic (exact) mass is 301 g/mol. The van der Waals surface area contributed by atoms with E-state index in [1.54, 1.807) is 17.0 Å². The zero-order chi connectivity index (χ0) is 15.0. The van der Waals surface area contributed by atoms with E-state index in [0.717, 1.165) is 23.6 Å². The van der Waals surface area contributed by atoms with Gasteiger partial charge >= 0.3 is 0 Å². The predicted octanol–water partition coefficient (Wildman–Crippen LogP) is 3.14. The van der Waals surface area contributed by atoms with Gasteiger partial charge in [0.25, 0.3) is 5.91 Å². The Morgan fingerprint density at radius 1 is 1.19 bits per heavy atom. The van der Waals surface area contributed by atoms with Gasteiger partial charge in [-0.05, 0) is 31.2 Å². The van der Waals surface area contributed by atoms with Crippen LogP contribution in [0.15, 0.2) is 36.4 Å². The maximum atomic E-state index is 12.8. The Morgan fingerprint density at radius 3 is 2.62 bits per heavy atom. The van der Waals surface area contributed by atoms with Gasteiger partial charge in [0.05, 0.1) is 11.4 Å². The Bertz CT molecular complexity index is 681. The van der Waals surface area contributed by atoms with Gasteiger partial charge in [0.15, 0.2) is 0 Å². The second-order valence-electron chi connectivity index (χ2n) is 5.19. The Hall–Kier alpha value is -2.07. The highest BCUT2D eigenvalue weighted by molar-refractivity contribution is 6.30. The fourth-order valence-corrected chi connectivity index (χ4v) is 2.88. The van der Waals surface area contributed by atoms with E-state index >= 15 is 0 Å². The van der Waals surface area contributed by atoms with E-state index in [-0.39, 0.29) is 5.91 Å². The SMILES string of the molecule is Cc1cc(C(=O)N2CCN(C)c3ccccc32)cc(Cl)n1. The molecule has 5 heteroatoms. The van der Waals surface area contributed by atoms with Crippen LogP contribution in [0.1, 0.15) is 16.1 Å². The van der Waals surface area contributed by atoms with Gasteiger partial charge in [0, 0.05) is 31.4 Å². The number of para-hydroxylation sites is 2. The number of fused-ring (bicyclic) bond motifs is 1. The van der Waals surface area contributed by atoms with E-state index in [0.29, 0.717) is 17.3 Å². The average Bonchev–Trinajstić information content (AvgIpc) is 2.46. The number of amides is 1. The number of carbonyl (C=O) groups excluding carboxylic acids is 1. The van der Waals surface area contributed by atoms with Crippen molar-refractivity contribution in [2.75, 3.05) is 29.9 Å². The molecule has 0 bridgehead atoms. The van der Waals surface area contributed by atoms with E-state index in [4.69, 9.17) is 11.6 Å². The molecule has 0 aliphatic carbocycles. The third kappa shape index (κ3) is 2.59. The summed E-state index contributed by atoms with van der Waals surface area (Å²) in [5.41, 5.74) is 3.32. The number of rotatable bonds is 1. The number of carbonyl (C=O) groups is 1. The molecule has 0 unspecified atom stereocenters. The van der Waals surface area contributed by atoms with Crippen LogP contribution in [-0.2, 0) is 0 Å². The smallest absolute Gasteiger partial charge is 0.258 e. The lowest BCUT2D eigenvalue weighted by atomic mass is 10.1. The molecular weight excluding hydrogens is 286 g/mol. The first-order valence-corrected chi connectivity index (χ1v) is 7.20. The van der Waals surface area contributed by atoms with E-state index in [2.05, 4.69) is 9.88 Å². The summed E-state index contributed by atoms with van der Waals surface area (Å²) in [5, 5.41) is 0.348. The minimum atomic E-state index is -0.0389. The molecular formula is C16H16ClN3O. The second-order valence-corrected chi connectivity index (χ2v) is 5.57. The maximum Gasteiger partial charge on any atom is 0.258 e. The van der Waals surface area contributed by atoms with E-state index in [1.165, 1.54) is 0 Å². The van der Waals surface area contributed by atoms with Gasteiger partial charge in [-0.25, -0.2) is 4.98 Å². The number of pyridine rings is 1. The molecule has 1 aliphatic heterocycles. The lowest BCUT2D eigenvalue weighted by Crippen LogP contribution is -2.42. The molecule has 1 aromatic carbocycles. The number of aromatic nitrogens is 1. The number of likely N-dealkylation sites (N-methyl/N-ethyl adjacent to an activating group) is 1. The predicted molar refractivity (Wildman–Crippen MR) is 85.4 cm³/mol. The van der Waals surface area contributed by atoms with Crippen LogP contribution in [0.5, 0.6) is 0 Å². The molecule has 21 heavy (non-hydrogen) atoms. The molecule has 0 spiro atoms. The molecule has 1 aromatic heterocycles. The number of halogens is 1. The number of anilines is 2. The van der Waals surface area contributed by atoms with Crippen molar-refractivity contribution in [1.82, 2.24) is 4.98 Å². The molecule has 1 aliphatic rings. The summed E-state index contributed by atoms with van der Waals surface area (Å²) in [6.45, 7) is 3.30. The third-order valence-electron chi connectivity index (χ3n) is 3.66. The zero-order valence-corrected chi connectivity index (χ0v) is 12.8. The fourth-order valence-electron chi connectivity index (χ4n) is 2.62. The summed E-state index contributed by atoms with van der Waals surface area (Å²) < 4.78 is 0. The van der Waals surface area contributed by atoms with Crippen LogP contribution in [0.25, 0.3) is 0 Å². The van der Waals surface area contributed by atoms with Gasteiger partial charge < -0.3 is 9.80 Å². The highest BCUT2D eigenvalue weighted by Crippen LogP contribution is 2.32. The summed E-state index contributed by atoms with van der Waals surface area (Å²) in [6.07, 6.45) is 0. The second kappa shape index (κ2) is 5.37. The third-order valence-corrected chi connectivity index (χ3v) is 3.85. The van der Waals surface area contributed by atoms with Crippen LogP contribution < -0.4 is 9.80 Å². The Morgan fingerprint density at radius 2 is 1.90 bits per heavy atom. The van der Waals surface area contributed by atoms with E-state index in [1.807, 2.05) is 38.2 Å². The fraction of sp³-hybridized carbons (Fsp3) is 0.250. The van der Waals surface area contributed by atoms with Crippen molar-refractivity contribution in [3.05, 3.63) is 52.8 Å². The Balaban J connectivity index is 2.01. The topological polar surface area (TPSA) is 36.4 Å². The van der Waals surface area contributed by atoms with Gasteiger partial charge in [0.2, 0.25) is 0 Å². The summed E-state index contributed by atoms with van der Waals surface area (Å²) in [7, 11) is 2.04. The van der Waals surface area contributed by atoms with Gasteiger partial charge in [0.1, 0.15) is 5.15 Å². The molecule has 4 nitrogen and oxygen atoms in total. The van der Waals surface area contributed by atoms with Crippen molar-refractivity contribution in [1.29, 1.82) is 0 Å². The van der Waals surface area contributed by atoms with Crippen molar-refractivity contribution >= 4 is 28.9 Å². The minimum Gasteiger partial charge on any atom is -0.371 e. The van der Waals surface area contributed by atoms with Crippen LogP contribution in [0.3, 0.4) is 0 Å². The number of nitrogens with zero attached hydrogens (tertiary/aromatic N) is 3. The molecule has 0 radical (unpaired) electrons. The molecule has 0 atom stereocenters. The number of hydrogen-bond acceptors (Lipinski definition) is 3. The molecule has 0 saturated carbocycles. The van der Waals surface area contributed by atoms with Gasteiger partial charge in [-0.15, -0.1) is 0 Å². The van der Waals surface area contributed by atoms with E-state index in [9.17, 15) is 4.79 Å². The average molecular weight is 302 g/mol. The molecule has 0 fully saturated rings. The van der Waals surface area contributed by atoms with Crippen molar-refractivity contribution in [3.8, 4) is 0 Å². The first-order valence-electron chi connectivity index (χ1n) is 6.82. The van der Waals surface area contributed by atoms with Crippen molar-refractivity contribution in [2.45, 2.75) is 6.92 Å². The van der Waals surface area contributed by atoms with Gasteiger partial charge in [-0.2, -0.15) is 0 Å². The van der Waals surface area contributed by atoms with Crippen LogP contribution >= 0.6 is 11.6 Å². The highest BCUT2D eigenvalue weighted by Gasteiger charge is 2.26. The minimum absolute atomic E-state index is 0.0389. The Kier molecular flexibility index (Phi) is 3.55. The van der Waals surface area contributed by atoms with E-state index < -0.39 is 0 Å². The molecule has 1 amide bonds. The molecule has 2 heterocycles. The number of benzene rings is 1. The normalized spacial score (nSPS) is 14.0. The largest absolute Gasteiger partial charge is 0.371 e. The number of hydrogen-bond donors (Lipinski definition) is 0. The Labute approximate surface area is 129 Å². The van der Waals surface area contributed by atoms with Crippen molar-refractivity contribution in [3.63, 3.8) is 0 Å². The van der Waals surface area contributed by atoms with Gasteiger partial charge in [-0.1, -0.05) is 23.7 Å². The quantitative estimate of drug-likeness (QED) is 0.759. The summed E-state index contributed by atoms with van der Waals surface area (Å²) in [4.78, 5) is 20.9. The van der Waals surface area contributed by atoms with Crippen LogP contribution in [0, 0.1) is 6.92 Å². The van der Waals surface area contributed by atoms with Crippen LogP contribution in [-0.4, -0.2) is 31.0 Å². The molecule has 0 N–H and O–H groups in total. The standard InChI is InChI=1S/C16H16ClN3O/c1-11-9-12(10-15(17)18-11)16(21)20-8-7-19(2)13-5-3-4-6-14(13)20/h3-6,9-10H,7-8H2,1-2H3. The van der Waals surface area contributed by atoms with Crippen LogP contribution in [0.2, 0.25) is 5.15 Å². The zero-order valence-electron chi connectivity index (χ0n) is 12.0. The molecule has 108 valence electrons. The van der Waals surface area contributed by atoms with Gasteiger partial charge in [-0.3, -0.25) is 4.79 Å². The first kappa shape index (κ1) is 13.9. The molecule has 2 aromatic rings. The summed E-state index contributed by atoms with van der Waals surface area (Å²) >= 11 is 5.97. The summed E-state index contributed by atoms with van der Waals surface area (Å²) in [5.74, 6) is -0.0389. The summed E-state index contributed by atoms with van der Waals surface area (Å²) in [6, 6.07) is 11.3. The lowest BCUT2D eigenvalue weighted by Gasteiger charge is -2.35. The van der Waals surface area contributed by atoms with Crippen LogP contribution in [0.4, 0.5) is 11.4 Å². The lowest BCUT2D eigenvalue weighted by molar-refractivity contribution is 0.0986. The van der Waals surface area contributed by atoms with Crippen molar-refractivity contribution < 1.29 is 4.79 Å². The first-order chi connectivity index (χ1) is 10.1. The maximum absolute atomic E-state index is 12.8.